The minimum Gasteiger partial charge on any atom is -0.386 e. The standard InChI is InChI=1S/C12H11Cl2NOS/c13-8-4-9(14)6-10(5-8)15-7-11(16)12-2-1-3-17-12/h1-6,11,15-16H,7H2. The van der Waals surface area contributed by atoms with Gasteiger partial charge in [-0.2, -0.15) is 0 Å². The number of thiophene rings is 1. The van der Waals surface area contributed by atoms with E-state index in [0.717, 1.165) is 10.6 Å². The van der Waals surface area contributed by atoms with Crippen LogP contribution in [-0.2, 0) is 0 Å². The Morgan fingerprint density at radius 2 is 1.94 bits per heavy atom. The zero-order valence-corrected chi connectivity index (χ0v) is 11.2. The van der Waals surface area contributed by atoms with Gasteiger partial charge in [-0.3, -0.25) is 0 Å². The van der Waals surface area contributed by atoms with Crippen molar-refractivity contribution in [2.75, 3.05) is 11.9 Å². The average molecular weight is 288 g/mol. The number of hydrogen-bond donors (Lipinski definition) is 2. The van der Waals surface area contributed by atoms with Gasteiger partial charge in [-0.15, -0.1) is 11.3 Å². The van der Waals surface area contributed by atoms with Crippen LogP contribution in [0.15, 0.2) is 35.7 Å². The van der Waals surface area contributed by atoms with Crippen molar-refractivity contribution in [3.8, 4) is 0 Å². The largest absolute Gasteiger partial charge is 0.386 e. The highest BCUT2D eigenvalue weighted by Crippen LogP contribution is 2.24. The molecule has 0 spiro atoms. The first kappa shape index (κ1) is 12.7. The number of hydrogen-bond acceptors (Lipinski definition) is 3. The van der Waals surface area contributed by atoms with Gasteiger partial charge in [0.05, 0.1) is 0 Å². The first-order chi connectivity index (χ1) is 8.15. The van der Waals surface area contributed by atoms with Gasteiger partial charge in [0.25, 0.3) is 0 Å². The molecule has 0 aliphatic carbocycles. The van der Waals surface area contributed by atoms with Crippen LogP contribution in [0.2, 0.25) is 10.0 Å². The number of aliphatic hydroxyl groups is 1. The summed E-state index contributed by atoms with van der Waals surface area (Å²) in [5.41, 5.74) is 0.804. The van der Waals surface area contributed by atoms with Gasteiger partial charge in [-0.1, -0.05) is 29.3 Å². The van der Waals surface area contributed by atoms with Crippen LogP contribution >= 0.6 is 34.5 Å². The minimum atomic E-state index is -0.521. The predicted octanol–water partition coefficient (Wildman–Crippen LogP) is 4.20. The van der Waals surface area contributed by atoms with E-state index in [1.54, 1.807) is 18.2 Å². The Morgan fingerprint density at radius 3 is 2.53 bits per heavy atom. The van der Waals surface area contributed by atoms with Crippen molar-refractivity contribution in [3.05, 3.63) is 50.6 Å². The molecule has 2 aromatic rings. The molecule has 0 amide bonds. The summed E-state index contributed by atoms with van der Waals surface area (Å²) in [6, 6.07) is 9.04. The van der Waals surface area contributed by atoms with Crippen LogP contribution in [0.4, 0.5) is 5.69 Å². The molecule has 0 aliphatic rings. The molecule has 1 heterocycles. The molecule has 2 N–H and O–H groups in total. The lowest BCUT2D eigenvalue weighted by Gasteiger charge is -2.11. The van der Waals surface area contributed by atoms with E-state index in [4.69, 9.17) is 23.2 Å². The van der Waals surface area contributed by atoms with E-state index in [1.807, 2.05) is 17.5 Å². The molecule has 0 aliphatic heterocycles. The summed E-state index contributed by atoms with van der Waals surface area (Å²) in [5, 5.41) is 16.1. The molecule has 5 heteroatoms. The first-order valence-electron chi connectivity index (χ1n) is 5.06. The van der Waals surface area contributed by atoms with Crippen molar-refractivity contribution in [1.82, 2.24) is 0 Å². The van der Waals surface area contributed by atoms with Crippen molar-refractivity contribution >= 4 is 40.2 Å². The zero-order chi connectivity index (χ0) is 12.3. The molecule has 90 valence electrons. The highest BCUT2D eigenvalue weighted by Gasteiger charge is 2.08. The molecular formula is C12H11Cl2NOS. The van der Waals surface area contributed by atoms with Crippen LogP contribution in [0.1, 0.15) is 11.0 Å². The predicted molar refractivity (Wildman–Crippen MR) is 74.2 cm³/mol. The highest BCUT2D eigenvalue weighted by molar-refractivity contribution is 7.10. The van der Waals surface area contributed by atoms with Crippen molar-refractivity contribution in [2.24, 2.45) is 0 Å². The van der Waals surface area contributed by atoms with E-state index in [0.29, 0.717) is 16.6 Å². The first-order valence-corrected chi connectivity index (χ1v) is 6.70. The quantitative estimate of drug-likeness (QED) is 0.883. The third kappa shape index (κ3) is 3.61. The molecule has 2 nitrogen and oxygen atoms in total. The maximum atomic E-state index is 9.89. The molecule has 0 fully saturated rings. The molecule has 1 unspecified atom stereocenters. The number of benzene rings is 1. The van der Waals surface area contributed by atoms with Crippen LogP contribution in [0.25, 0.3) is 0 Å². The van der Waals surface area contributed by atoms with Gasteiger partial charge >= 0.3 is 0 Å². The molecule has 0 bridgehead atoms. The fraction of sp³-hybridized carbons (Fsp3) is 0.167. The van der Waals surface area contributed by atoms with Crippen molar-refractivity contribution in [2.45, 2.75) is 6.10 Å². The number of aliphatic hydroxyl groups excluding tert-OH is 1. The van der Waals surface area contributed by atoms with Gasteiger partial charge in [0.15, 0.2) is 0 Å². The summed E-state index contributed by atoms with van der Waals surface area (Å²) in [6.07, 6.45) is -0.521. The van der Waals surface area contributed by atoms with Gasteiger partial charge in [0.2, 0.25) is 0 Å². The van der Waals surface area contributed by atoms with Crippen LogP contribution in [0.3, 0.4) is 0 Å². The Morgan fingerprint density at radius 1 is 1.24 bits per heavy atom. The molecular weight excluding hydrogens is 277 g/mol. The third-order valence-corrected chi connectivity index (χ3v) is 3.64. The Labute approximate surface area is 114 Å². The average Bonchev–Trinajstić information content (AvgIpc) is 2.78. The van der Waals surface area contributed by atoms with Crippen molar-refractivity contribution in [3.63, 3.8) is 0 Å². The molecule has 0 radical (unpaired) electrons. The fourth-order valence-electron chi connectivity index (χ4n) is 1.45. The topological polar surface area (TPSA) is 32.3 Å². The summed E-state index contributed by atoms with van der Waals surface area (Å²) < 4.78 is 0. The Hall–Kier alpha value is -0.740. The monoisotopic (exact) mass is 287 g/mol. The van der Waals surface area contributed by atoms with Gasteiger partial charge in [0.1, 0.15) is 6.10 Å². The van der Waals surface area contributed by atoms with Crippen LogP contribution in [0, 0.1) is 0 Å². The summed E-state index contributed by atoms with van der Waals surface area (Å²) in [4.78, 5) is 0.936. The molecule has 1 atom stereocenters. The number of anilines is 1. The van der Waals surface area contributed by atoms with E-state index < -0.39 is 6.10 Å². The maximum absolute atomic E-state index is 9.89. The summed E-state index contributed by atoms with van der Waals surface area (Å²) >= 11 is 13.3. The second kappa shape index (κ2) is 5.74. The van der Waals surface area contributed by atoms with Crippen LogP contribution < -0.4 is 5.32 Å². The molecule has 1 aromatic heterocycles. The lowest BCUT2D eigenvalue weighted by Crippen LogP contribution is -2.10. The van der Waals surface area contributed by atoms with Gasteiger partial charge in [-0.25, -0.2) is 0 Å². The second-order valence-electron chi connectivity index (χ2n) is 3.57. The second-order valence-corrected chi connectivity index (χ2v) is 5.42. The SMILES string of the molecule is OC(CNc1cc(Cl)cc(Cl)c1)c1cccs1. The van der Waals surface area contributed by atoms with E-state index in [9.17, 15) is 5.11 Å². The Bertz CT molecular complexity index is 467. The lowest BCUT2D eigenvalue weighted by atomic mass is 10.2. The van der Waals surface area contributed by atoms with E-state index >= 15 is 0 Å². The van der Waals surface area contributed by atoms with Crippen LogP contribution in [-0.4, -0.2) is 11.7 Å². The normalized spacial score (nSPS) is 12.4. The molecule has 0 saturated carbocycles. The molecule has 2 rings (SSSR count). The summed E-state index contributed by atoms with van der Waals surface area (Å²) in [7, 11) is 0. The zero-order valence-electron chi connectivity index (χ0n) is 8.86. The number of nitrogens with one attached hydrogen (secondary N) is 1. The van der Waals surface area contributed by atoms with Crippen molar-refractivity contribution in [1.29, 1.82) is 0 Å². The van der Waals surface area contributed by atoms with Gasteiger partial charge < -0.3 is 10.4 Å². The Balaban J connectivity index is 1.98. The van der Waals surface area contributed by atoms with E-state index in [-0.39, 0.29) is 0 Å². The molecule has 1 aromatic carbocycles. The third-order valence-electron chi connectivity index (χ3n) is 2.23. The maximum Gasteiger partial charge on any atom is 0.105 e. The Kier molecular flexibility index (Phi) is 4.29. The number of rotatable bonds is 4. The fourth-order valence-corrected chi connectivity index (χ4v) is 2.69. The van der Waals surface area contributed by atoms with E-state index in [2.05, 4.69) is 5.32 Å². The smallest absolute Gasteiger partial charge is 0.105 e. The van der Waals surface area contributed by atoms with Gasteiger partial charge in [0, 0.05) is 27.2 Å². The van der Waals surface area contributed by atoms with E-state index in [1.165, 1.54) is 11.3 Å². The number of halogens is 2. The lowest BCUT2D eigenvalue weighted by molar-refractivity contribution is 0.195. The summed E-state index contributed by atoms with van der Waals surface area (Å²) in [5.74, 6) is 0. The van der Waals surface area contributed by atoms with Crippen molar-refractivity contribution < 1.29 is 5.11 Å². The minimum absolute atomic E-state index is 0.428. The summed E-state index contributed by atoms with van der Waals surface area (Å²) in [6.45, 7) is 0.428. The van der Waals surface area contributed by atoms with Gasteiger partial charge in [-0.05, 0) is 29.6 Å². The highest BCUT2D eigenvalue weighted by atomic mass is 35.5. The molecule has 17 heavy (non-hydrogen) atoms. The van der Waals surface area contributed by atoms with Crippen LogP contribution in [0.5, 0.6) is 0 Å². The molecule has 0 saturated heterocycles.